The quantitative estimate of drug-likeness (QED) is 0.490. The summed E-state index contributed by atoms with van der Waals surface area (Å²) in [6, 6.07) is 0. The van der Waals surface area contributed by atoms with Crippen molar-refractivity contribution in [2.45, 2.75) is 78.1 Å². The van der Waals surface area contributed by atoms with E-state index in [1.807, 2.05) is 26.8 Å². The zero-order chi connectivity index (χ0) is 24.7. The van der Waals surface area contributed by atoms with Gasteiger partial charge in [0.25, 0.3) is 0 Å². The zero-order valence-corrected chi connectivity index (χ0v) is 20.6. The van der Waals surface area contributed by atoms with Crippen molar-refractivity contribution in [1.29, 1.82) is 0 Å². The molecule has 4 aliphatic carbocycles. The molecule has 7 atom stereocenters. The van der Waals surface area contributed by atoms with Crippen LogP contribution in [0.15, 0.2) is 23.3 Å². The highest BCUT2D eigenvalue weighted by Gasteiger charge is 2.83. The van der Waals surface area contributed by atoms with Crippen LogP contribution in [0.3, 0.4) is 0 Å². The standard InChI is InChI=1S/C26H36O7/c1-13(2)22(29)33-25-10-15(4)26(31)18(20(25)23(25,6)7)9-17(12-32-16(5)27)11-24(30)19(26)8-14(3)21(24)28/h8-9,13,15,18-20,30-31H,10-12H2,1-7H3/t15?,18?,19?,20?,24-,25+,26-/m1/s1. The van der Waals surface area contributed by atoms with Gasteiger partial charge >= 0.3 is 11.9 Å². The number of Topliss-reactive ketones (excluding diaryl/α,β-unsaturated/α-hetero) is 1. The fourth-order valence-corrected chi connectivity index (χ4v) is 7.08. The van der Waals surface area contributed by atoms with Gasteiger partial charge < -0.3 is 19.7 Å². The van der Waals surface area contributed by atoms with Gasteiger partial charge in [-0.2, -0.15) is 0 Å². The number of carbonyl (C=O) groups is 3. The van der Waals surface area contributed by atoms with Crippen LogP contribution in [0.25, 0.3) is 0 Å². The van der Waals surface area contributed by atoms with E-state index in [1.165, 1.54) is 6.92 Å². The lowest BCUT2D eigenvalue weighted by Crippen LogP contribution is -2.61. The largest absolute Gasteiger partial charge is 0.461 e. The van der Waals surface area contributed by atoms with Crippen molar-refractivity contribution in [1.82, 2.24) is 0 Å². The van der Waals surface area contributed by atoms with Crippen molar-refractivity contribution in [3.63, 3.8) is 0 Å². The molecule has 0 aromatic carbocycles. The smallest absolute Gasteiger partial charge is 0.308 e. The van der Waals surface area contributed by atoms with Crippen molar-refractivity contribution in [2.75, 3.05) is 6.61 Å². The van der Waals surface area contributed by atoms with Crippen LogP contribution in [-0.2, 0) is 23.9 Å². The minimum absolute atomic E-state index is 0.0188. The first-order valence-electron chi connectivity index (χ1n) is 11.9. The molecule has 0 amide bonds. The number of rotatable bonds is 4. The molecule has 7 heteroatoms. The van der Waals surface area contributed by atoms with Gasteiger partial charge in [-0.25, -0.2) is 0 Å². The number of hydrogen-bond donors (Lipinski definition) is 2. The molecular weight excluding hydrogens is 424 g/mol. The molecule has 7 nitrogen and oxygen atoms in total. The maximum atomic E-state index is 13.1. The first kappa shape index (κ1) is 24.1. The molecule has 0 heterocycles. The summed E-state index contributed by atoms with van der Waals surface area (Å²) in [5.74, 6) is -3.28. The molecular formula is C26H36O7. The molecule has 2 N–H and O–H groups in total. The predicted molar refractivity (Wildman–Crippen MR) is 120 cm³/mol. The van der Waals surface area contributed by atoms with E-state index in [1.54, 1.807) is 26.8 Å². The summed E-state index contributed by atoms with van der Waals surface area (Å²) >= 11 is 0. The average molecular weight is 461 g/mol. The minimum atomic E-state index is -1.80. The van der Waals surface area contributed by atoms with Crippen LogP contribution in [-0.4, -0.2) is 51.3 Å². The summed E-state index contributed by atoms with van der Waals surface area (Å²) in [5.41, 5.74) is -3.36. The Hall–Kier alpha value is -1.99. The predicted octanol–water partition coefficient (Wildman–Crippen LogP) is 2.74. The Balaban J connectivity index is 1.84. The molecule has 2 fully saturated rings. The molecule has 0 bridgehead atoms. The topological polar surface area (TPSA) is 110 Å². The Morgan fingerprint density at radius 1 is 1.21 bits per heavy atom. The van der Waals surface area contributed by atoms with Gasteiger partial charge in [0.2, 0.25) is 0 Å². The summed E-state index contributed by atoms with van der Waals surface area (Å²) in [6.45, 7) is 12.5. The summed E-state index contributed by atoms with van der Waals surface area (Å²) in [7, 11) is 0. The maximum absolute atomic E-state index is 13.1. The molecule has 33 heavy (non-hydrogen) atoms. The van der Waals surface area contributed by atoms with E-state index in [0.29, 0.717) is 17.6 Å². The van der Waals surface area contributed by atoms with Crippen LogP contribution >= 0.6 is 0 Å². The molecule has 182 valence electrons. The monoisotopic (exact) mass is 460 g/mol. The highest BCUT2D eigenvalue weighted by atomic mass is 16.6. The highest BCUT2D eigenvalue weighted by molar-refractivity contribution is 6.04. The Labute approximate surface area is 195 Å². The zero-order valence-electron chi connectivity index (χ0n) is 20.6. The Morgan fingerprint density at radius 3 is 2.42 bits per heavy atom. The summed E-state index contributed by atoms with van der Waals surface area (Å²) in [5, 5.41) is 24.0. The second kappa shape index (κ2) is 7.25. The van der Waals surface area contributed by atoms with E-state index in [-0.39, 0.29) is 36.8 Å². The molecule has 0 aromatic heterocycles. The van der Waals surface area contributed by atoms with E-state index in [9.17, 15) is 24.6 Å². The van der Waals surface area contributed by atoms with Gasteiger partial charge in [0.05, 0.1) is 11.5 Å². The van der Waals surface area contributed by atoms with Crippen molar-refractivity contribution >= 4 is 17.7 Å². The van der Waals surface area contributed by atoms with Crippen LogP contribution < -0.4 is 0 Å². The van der Waals surface area contributed by atoms with Gasteiger partial charge in [-0.3, -0.25) is 14.4 Å². The molecule has 4 unspecified atom stereocenters. The summed E-state index contributed by atoms with van der Waals surface area (Å²) < 4.78 is 11.4. The van der Waals surface area contributed by atoms with Crippen LogP contribution in [0.4, 0.5) is 0 Å². The number of aliphatic hydroxyl groups is 2. The van der Waals surface area contributed by atoms with Crippen molar-refractivity contribution in [3.8, 4) is 0 Å². The number of carbonyl (C=O) groups excluding carboxylic acids is 3. The molecule has 0 aliphatic heterocycles. The SMILES string of the molecule is CC(=O)OCC1=CC2C3C(C)(C)[C@]3(OC(=O)C(C)C)CC(C)[C@]2(O)C2C=C(C)C(=O)[C@@]2(O)C1. The highest BCUT2D eigenvalue weighted by Crippen LogP contribution is 2.76. The molecule has 0 aromatic rings. The minimum Gasteiger partial charge on any atom is -0.461 e. The summed E-state index contributed by atoms with van der Waals surface area (Å²) in [4.78, 5) is 37.3. The normalized spacial score (nSPS) is 42.9. The van der Waals surface area contributed by atoms with E-state index >= 15 is 0 Å². The number of esters is 2. The van der Waals surface area contributed by atoms with Gasteiger partial charge in [0.15, 0.2) is 5.78 Å². The lowest BCUT2D eigenvalue weighted by atomic mass is 9.60. The molecule has 0 saturated heterocycles. The van der Waals surface area contributed by atoms with Crippen LogP contribution in [0.2, 0.25) is 0 Å². The number of fused-ring (bicyclic) bond motifs is 5. The van der Waals surface area contributed by atoms with Crippen LogP contribution in [0.5, 0.6) is 0 Å². The molecule has 4 rings (SSSR count). The van der Waals surface area contributed by atoms with E-state index in [2.05, 4.69) is 0 Å². The molecule has 0 radical (unpaired) electrons. The molecule has 4 aliphatic rings. The third-order valence-electron chi connectivity index (χ3n) is 8.89. The van der Waals surface area contributed by atoms with E-state index < -0.39 is 45.8 Å². The Morgan fingerprint density at radius 2 is 1.85 bits per heavy atom. The van der Waals surface area contributed by atoms with Crippen molar-refractivity contribution in [3.05, 3.63) is 23.3 Å². The fraction of sp³-hybridized carbons (Fsp3) is 0.731. The van der Waals surface area contributed by atoms with Gasteiger partial charge in [0.1, 0.15) is 17.8 Å². The summed E-state index contributed by atoms with van der Waals surface area (Å²) in [6.07, 6.45) is 4.01. The second-order valence-corrected chi connectivity index (χ2v) is 11.5. The first-order valence-corrected chi connectivity index (χ1v) is 11.9. The lowest BCUT2D eigenvalue weighted by molar-refractivity contribution is -0.188. The van der Waals surface area contributed by atoms with Gasteiger partial charge in [0, 0.05) is 36.5 Å². The Kier molecular flexibility index (Phi) is 5.31. The fourth-order valence-electron chi connectivity index (χ4n) is 7.08. The maximum Gasteiger partial charge on any atom is 0.308 e. The lowest BCUT2D eigenvalue weighted by Gasteiger charge is -2.50. The number of ether oxygens (including phenoxy) is 2. The molecule has 2 saturated carbocycles. The average Bonchev–Trinajstić information content (AvgIpc) is 3.11. The third kappa shape index (κ3) is 3.11. The third-order valence-corrected chi connectivity index (χ3v) is 8.89. The van der Waals surface area contributed by atoms with E-state index in [4.69, 9.17) is 9.47 Å². The van der Waals surface area contributed by atoms with Crippen molar-refractivity contribution < 1.29 is 34.1 Å². The van der Waals surface area contributed by atoms with Gasteiger partial charge in [-0.15, -0.1) is 0 Å². The van der Waals surface area contributed by atoms with Gasteiger partial charge in [-0.1, -0.05) is 46.8 Å². The number of ketones is 1. The van der Waals surface area contributed by atoms with Gasteiger partial charge in [-0.05, 0) is 30.4 Å². The van der Waals surface area contributed by atoms with Crippen LogP contribution in [0.1, 0.15) is 61.3 Å². The Bertz CT molecular complexity index is 975. The van der Waals surface area contributed by atoms with Crippen LogP contribution in [0, 0.1) is 35.0 Å². The second-order valence-electron chi connectivity index (χ2n) is 11.5. The first-order chi connectivity index (χ1) is 15.1. The molecule has 0 spiro atoms. The number of hydrogen-bond acceptors (Lipinski definition) is 7. The van der Waals surface area contributed by atoms with Crippen molar-refractivity contribution in [2.24, 2.45) is 35.0 Å². The van der Waals surface area contributed by atoms with E-state index in [0.717, 1.165) is 0 Å².